The molecule has 0 atom stereocenters. The molecule has 3 N–H and O–H groups in total. The molecule has 0 spiro atoms. The van der Waals surface area contributed by atoms with E-state index in [0.717, 1.165) is 4.57 Å². The van der Waals surface area contributed by atoms with Crippen molar-refractivity contribution >= 4 is 17.1 Å². The second kappa shape index (κ2) is 3.54. The molecule has 2 aromatic rings. The standard InChI is InChI=1S/C8H8N4O3/c9-11-6(13)4-12-7-5(15-8(12)14)2-1-3-10-7/h1-3H,4,9H2,(H,11,13). The van der Waals surface area contributed by atoms with Crippen molar-refractivity contribution in [3.63, 3.8) is 0 Å². The number of hydrogen-bond acceptors (Lipinski definition) is 5. The number of oxazole rings is 1. The quantitative estimate of drug-likeness (QED) is 0.373. The van der Waals surface area contributed by atoms with Crippen molar-refractivity contribution < 1.29 is 9.21 Å². The highest BCUT2D eigenvalue weighted by atomic mass is 16.4. The third kappa shape index (κ3) is 1.59. The van der Waals surface area contributed by atoms with E-state index in [2.05, 4.69) is 4.98 Å². The second-order valence-corrected chi connectivity index (χ2v) is 2.85. The van der Waals surface area contributed by atoms with E-state index in [9.17, 15) is 9.59 Å². The average Bonchev–Trinajstić information content (AvgIpc) is 2.55. The summed E-state index contributed by atoms with van der Waals surface area (Å²) in [6.45, 7) is -0.209. The molecule has 0 saturated carbocycles. The first-order chi connectivity index (χ1) is 7.22. The maximum Gasteiger partial charge on any atom is 0.421 e. The van der Waals surface area contributed by atoms with Gasteiger partial charge in [0.25, 0.3) is 5.91 Å². The lowest BCUT2D eigenvalue weighted by molar-refractivity contribution is -0.121. The van der Waals surface area contributed by atoms with Crippen LogP contribution in [0.15, 0.2) is 27.5 Å². The van der Waals surface area contributed by atoms with E-state index in [-0.39, 0.29) is 6.54 Å². The zero-order valence-electron chi connectivity index (χ0n) is 7.64. The minimum atomic E-state index is -0.632. The van der Waals surface area contributed by atoms with Crippen LogP contribution in [0.4, 0.5) is 0 Å². The van der Waals surface area contributed by atoms with Crippen molar-refractivity contribution in [3.8, 4) is 0 Å². The van der Waals surface area contributed by atoms with Crippen LogP contribution in [0.25, 0.3) is 11.2 Å². The molecule has 0 bridgehead atoms. The molecular formula is C8H8N4O3. The number of pyridine rings is 1. The van der Waals surface area contributed by atoms with Gasteiger partial charge < -0.3 is 4.42 Å². The molecule has 78 valence electrons. The van der Waals surface area contributed by atoms with Gasteiger partial charge in [-0.15, -0.1) is 0 Å². The Morgan fingerprint density at radius 2 is 2.47 bits per heavy atom. The van der Waals surface area contributed by atoms with Crippen LogP contribution in [0, 0.1) is 0 Å². The first-order valence-electron chi connectivity index (χ1n) is 4.16. The predicted molar refractivity (Wildman–Crippen MR) is 50.6 cm³/mol. The number of amides is 1. The number of carbonyl (C=O) groups is 1. The number of nitrogens with one attached hydrogen (secondary N) is 1. The van der Waals surface area contributed by atoms with E-state index in [1.807, 2.05) is 5.43 Å². The first-order valence-corrected chi connectivity index (χ1v) is 4.16. The Kier molecular flexibility index (Phi) is 2.22. The van der Waals surface area contributed by atoms with Crippen molar-refractivity contribution in [2.45, 2.75) is 6.54 Å². The molecule has 0 aliphatic rings. The lowest BCUT2D eigenvalue weighted by atomic mass is 10.4. The normalized spacial score (nSPS) is 10.5. The van der Waals surface area contributed by atoms with E-state index in [1.165, 1.54) is 6.20 Å². The summed E-state index contributed by atoms with van der Waals surface area (Å²) in [5, 5.41) is 0. The van der Waals surface area contributed by atoms with Crippen molar-refractivity contribution in [2.24, 2.45) is 5.84 Å². The molecule has 0 aliphatic carbocycles. The summed E-state index contributed by atoms with van der Waals surface area (Å²) in [6, 6.07) is 3.24. The fourth-order valence-corrected chi connectivity index (χ4v) is 1.23. The third-order valence-corrected chi connectivity index (χ3v) is 1.89. The Hall–Kier alpha value is -2.15. The van der Waals surface area contributed by atoms with Crippen LogP contribution in [0.3, 0.4) is 0 Å². The zero-order valence-corrected chi connectivity index (χ0v) is 7.64. The number of nitrogens with zero attached hydrogens (tertiary/aromatic N) is 2. The third-order valence-electron chi connectivity index (χ3n) is 1.89. The summed E-state index contributed by atoms with van der Waals surface area (Å²) < 4.78 is 5.98. The van der Waals surface area contributed by atoms with Crippen molar-refractivity contribution in [1.29, 1.82) is 0 Å². The highest BCUT2D eigenvalue weighted by Crippen LogP contribution is 2.07. The molecule has 15 heavy (non-hydrogen) atoms. The van der Waals surface area contributed by atoms with Gasteiger partial charge in [0.05, 0.1) is 0 Å². The predicted octanol–water partition coefficient (Wildman–Crippen LogP) is -1.02. The molecule has 0 aliphatic heterocycles. The topological polar surface area (TPSA) is 103 Å². The maximum atomic E-state index is 11.3. The number of rotatable bonds is 2. The Bertz CT molecular complexity index is 556. The van der Waals surface area contributed by atoms with Crippen LogP contribution in [-0.4, -0.2) is 15.5 Å². The monoisotopic (exact) mass is 208 g/mol. The minimum absolute atomic E-state index is 0.209. The van der Waals surface area contributed by atoms with Gasteiger partial charge in [-0.05, 0) is 12.1 Å². The smallest absolute Gasteiger partial charge is 0.406 e. The summed E-state index contributed by atoms with van der Waals surface area (Å²) in [7, 11) is 0. The van der Waals surface area contributed by atoms with Gasteiger partial charge >= 0.3 is 5.76 Å². The first kappa shape index (κ1) is 9.41. The van der Waals surface area contributed by atoms with Crippen molar-refractivity contribution in [1.82, 2.24) is 15.0 Å². The van der Waals surface area contributed by atoms with Gasteiger partial charge in [-0.3, -0.25) is 10.2 Å². The molecule has 2 rings (SSSR count). The number of hydrogen-bond donors (Lipinski definition) is 2. The fraction of sp³-hybridized carbons (Fsp3) is 0.125. The summed E-state index contributed by atoms with van der Waals surface area (Å²) >= 11 is 0. The summed E-state index contributed by atoms with van der Waals surface area (Å²) in [5.41, 5.74) is 2.59. The van der Waals surface area contributed by atoms with Crippen LogP contribution >= 0.6 is 0 Å². The maximum absolute atomic E-state index is 11.3. The van der Waals surface area contributed by atoms with Crippen LogP contribution in [0.5, 0.6) is 0 Å². The number of fused-ring (bicyclic) bond motifs is 1. The largest absolute Gasteiger partial charge is 0.421 e. The molecule has 2 aromatic heterocycles. The Morgan fingerprint density at radius 1 is 1.67 bits per heavy atom. The van der Waals surface area contributed by atoms with Crippen LogP contribution in [-0.2, 0) is 11.3 Å². The van der Waals surface area contributed by atoms with E-state index in [4.69, 9.17) is 10.3 Å². The molecule has 0 aromatic carbocycles. The molecule has 7 heteroatoms. The highest BCUT2D eigenvalue weighted by Gasteiger charge is 2.12. The average molecular weight is 208 g/mol. The highest BCUT2D eigenvalue weighted by molar-refractivity contribution is 5.77. The van der Waals surface area contributed by atoms with Gasteiger partial charge in [0, 0.05) is 6.20 Å². The Labute approximate surface area is 83.5 Å². The molecule has 0 saturated heterocycles. The number of aromatic nitrogens is 2. The zero-order chi connectivity index (χ0) is 10.8. The van der Waals surface area contributed by atoms with Gasteiger partial charge in [-0.25, -0.2) is 20.2 Å². The summed E-state index contributed by atoms with van der Waals surface area (Å²) in [6.07, 6.45) is 1.51. The van der Waals surface area contributed by atoms with Crippen LogP contribution in [0.1, 0.15) is 0 Å². The van der Waals surface area contributed by atoms with Crippen LogP contribution < -0.4 is 17.0 Å². The van der Waals surface area contributed by atoms with Crippen LogP contribution in [0.2, 0.25) is 0 Å². The van der Waals surface area contributed by atoms with E-state index < -0.39 is 11.7 Å². The van der Waals surface area contributed by atoms with Gasteiger partial charge in [0.15, 0.2) is 11.2 Å². The fourth-order valence-electron chi connectivity index (χ4n) is 1.23. The van der Waals surface area contributed by atoms with Gasteiger partial charge in [-0.1, -0.05) is 0 Å². The molecule has 0 radical (unpaired) electrons. The Morgan fingerprint density at radius 3 is 3.20 bits per heavy atom. The molecule has 1 amide bonds. The number of carbonyl (C=O) groups excluding carboxylic acids is 1. The summed E-state index contributed by atoms with van der Waals surface area (Å²) in [4.78, 5) is 26.3. The summed E-state index contributed by atoms with van der Waals surface area (Å²) in [5.74, 6) is 3.79. The molecule has 0 unspecified atom stereocenters. The van der Waals surface area contributed by atoms with Gasteiger partial charge in [0.2, 0.25) is 0 Å². The van der Waals surface area contributed by atoms with Gasteiger partial charge in [0.1, 0.15) is 6.54 Å². The molecule has 0 fully saturated rings. The number of nitrogens with two attached hydrogens (primary N) is 1. The minimum Gasteiger partial charge on any atom is -0.406 e. The van der Waals surface area contributed by atoms with Gasteiger partial charge in [-0.2, -0.15) is 0 Å². The molecule has 2 heterocycles. The van der Waals surface area contributed by atoms with E-state index >= 15 is 0 Å². The Balaban J connectivity index is 2.54. The lowest BCUT2D eigenvalue weighted by Gasteiger charge is -1.98. The van der Waals surface area contributed by atoms with Crippen molar-refractivity contribution in [2.75, 3.05) is 0 Å². The van der Waals surface area contributed by atoms with Crippen molar-refractivity contribution in [3.05, 3.63) is 28.9 Å². The number of hydrazine groups is 1. The van der Waals surface area contributed by atoms with E-state index in [1.54, 1.807) is 12.1 Å². The second-order valence-electron chi connectivity index (χ2n) is 2.85. The SMILES string of the molecule is NNC(=O)Cn1c(=O)oc2cccnc21. The molecular weight excluding hydrogens is 200 g/mol. The lowest BCUT2D eigenvalue weighted by Crippen LogP contribution is -2.35. The van der Waals surface area contributed by atoms with E-state index in [0.29, 0.717) is 11.2 Å². The molecule has 7 nitrogen and oxygen atoms in total.